The number of rotatable bonds is 5. The van der Waals surface area contributed by atoms with E-state index in [1.54, 1.807) is 0 Å². The second kappa shape index (κ2) is 5.80. The summed E-state index contributed by atoms with van der Waals surface area (Å²) in [5.74, 6) is 1.28. The molecule has 1 aromatic heterocycles. The number of para-hydroxylation sites is 2. The molecule has 1 heterocycles. The maximum atomic E-state index is 4.93. The number of fused-ring (bicyclic) bond motifs is 1. The largest absolute Gasteiger partial charge is 0.328 e. The van der Waals surface area contributed by atoms with Crippen molar-refractivity contribution in [3.05, 3.63) is 30.1 Å². The lowest BCUT2D eigenvalue weighted by atomic mass is 9.84. The van der Waals surface area contributed by atoms with E-state index in [9.17, 15) is 0 Å². The predicted molar refractivity (Wildman–Crippen MR) is 88.5 cm³/mol. The summed E-state index contributed by atoms with van der Waals surface area (Å²) in [4.78, 5) is 4.93. The van der Waals surface area contributed by atoms with Crippen molar-refractivity contribution in [2.24, 2.45) is 5.41 Å². The Kier molecular flexibility index (Phi) is 4.03. The van der Waals surface area contributed by atoms with Crippen molar-refractivity contribution in [1.82, 2.24) is 14.9 Å². The molecule has 1 aromatic carbocycles. The molecule has 1 N–H and O–H groups in total. The van der Waals surface area contributed by atoms with Gasteiger partial charge in [-0.3, -0.25) is 0 Å². The van der Waals surface area contributed by atoms with Crippen molar-refractivity contribution in [3.8, 4) is 0 Å². The van der Waals surface area contributed by atoms with Gasteiger partial charge in [-0.1, -0.05) is 26.0 Å². The molecule has 2 aromatic rings. The predicted octanol–water partition coefficient (Wildman–Crippen LogP) is 3.77. The highest BCUT2D eigenvalue weighted by Gasteiger charge is 2.35. The SMILES string of the molecule is CCCn1c(CC2(C)CCC(NC)C2)nc2ccccc21. The maximum absolute atomic E-state index is 4.93. The van der Waals surface area contributed by atoms with Crippen LogP contribution in [0.5, 0.6) is 0 Å². The first-order valence-corrected chi connectivity index (χ1v) is 8.26. The van der Waals surface area contributed by atoms with Gasteiger partial charge in [0.25, 0.3) is 0 Å². The summed E-state index contributed by atoms with van der Waals surface area (Å²) in [5.41, 5.74) is 2.83. The monoisotopic (exact) mass is 285 g/mol. The summed E-state index contributed by atoms with van der Waals surface area (Å²) in [6.07, 6.45) is 6.11. The normalized spacial score (nSPS) is 25.8. The van der Waals surface area contributed by atoms with E-state index < -0.39 is 0 Å². The lowest BCUT2D eigenvalue weighted by Gasteiger charge is -2.24. The molecule has 1 fully saturated rings. The molecule has 3 heteroatoms. The van der Waals surface area contributed by atoms with E-state index >= 15 is 0 Å². The second-order valence-electron chi connectivity index (χ2n) is 6.88. The first-order chi connectivity index (χ1) is 10.1. The van der Waals surface area contributed by atoms with Gasteiger partial charge >= 0.3 is 0 Å². The Bertz CT molecular complexity index is 616. The molecule has 21 heavy (non-hydrogen) atoms. The van der Waals surface area contributed by atoms with Crippen LogP contribution in [0, 0.1) is 5.41 Å². The molecule has 2 atom stereocenters. The van der Waals surface area contributed by atoms with Gasteiger partial charge in [0.2, 0.25) is 0 Å². The third-order valence-corrected chi connectivity index (χ3v) is 5.01. The van der Waals surface area contributed by atoms with E-state index in [4.69, 9.17) is 4.98 Å². The number of nitrogens with one attached hydrogen (secondary N) is 1. The van der Waals surface area contributed by atoms with E-state index in [-0.39, 0.29) is 0 Å². The summed E-state index contributed by atoms with van der Waals surface area (Å²) < 4.78 is 2.44. The Morgan fingerprint density at radius 2 is 2.19 bits per heavy atom. The molecule has 1 saturated carbocycles. The van der Waals surface area contributed by atoms with E-state index in [1.807, 2.05) is 0 Å². The molecule has 3 rings (SSSR count). The summed E-state index contributed by atoms with van der Waals surface area (Å²) in [6.45, 7) is 5.74. The topological polar surface area (TPSA) is 29.9 Å². The molecular formula is C18H27N3. The Hall–Kier alpha value is -1.35. The zero-order valence-corrected chi connectivity index (χ0v) is 13.5. The molecule has 0 amide bonds. The minimum Gasteiger partial charge on any atom is -0.328 e. The highest BCUT2D eigenvalue weighted by Crippen LogP contribution is 2.40. The molecule has 0 aliphatic heterocycles. The van der Waals surface area contributed by atoms with Crippen molar-refractivity contribution < 1.29 is 0 Å². The van der Waals surface area contributed by atoms with Gasteiger partial charge < -0.3 is 9.88 Å². The standard InChI is InChI=1S/C18H27N3/c1-4-11-21-16-8-6-5-7-15(16)20-17(21)13-18(2)10-9-14(12-18)19-3/h5-8,14,19H,4,9-13H2,1-3H3. The van der Waals surface area contributed by atoms with Crippen molar-refractivity contribution in [2.45, 2.75) is 58.5 Å². The van der Waals surface area contributed by atoms with Crippen LogP contribution in [0.15, 0.2) is 24.3 Å². The molecule has 0 saturated heterocycles. The number of hydrogen-bond donors (Lipinski definition) is 1. The Labute approximate surface area is 127 Å². The smallest absolute Gasteiger partial charge is 0.110 e. The van der Waals surface area contributed by atoms with Crippen LogP contribution in [0.1, 0.15) is 45.4 Å². The first-order valence-electron chi connectivity index (χ1n) is 8.26. The molecule has 0 radical (unpaired) electrons. The van der Waals surface area contributed by atoms with E-state index in [1.165, 1.54) is 30.6 Å². The van der Waals surface area contributed by atoms with Gasteiger partial charge in [-0.05, 0) is 50.3 Å². The lowest BCUT2D eigenvalue weighted by molar-refractivity contribution is 0.313. The number of imidazole rings is 1. The van der Waals surface area contributed by atoms with Crippen LogP contribution in [-0.4, -0.2) is 22.6 Å². The molecule has 2 unspecified atom stereocenters. The van der Waals surface area contributed by atoms with Gasteiger partial charge in [0, 0.05) is 19.0 Å². The van der Waals surface area contributed by atoms with Crippen molar-refractivity contribution in [1.29, 1.82) is 0 Å². The van der Waals surface area contributed by atoms with Crippen LogP contribution in [0.3, 0.4) is 0 Å². The third kappa shape index (κ3) is 2.84. The lowest BCUT2D eigenvalue weighted by Crippen LogP contribution is -2.25. The second-order valence-corrected chi connectivity index (χ2v) is 6.88. The summed E-state index contributed by atoms with van der Waals surface area (Å²) in [5, 5.41) is 3.44. The zero-order valence-electron chi connectivity index (χ0n) is 13.5. The van der Waals surface area contributed by atoms with Crippen LogP contribution in [0.4, 0.5) is 0 Å². The summed E-state index contributed by atoms with van der Waals surface area (Å²) in [6, 6.07) is 9.23. The first kappa shape index (κ1) is 14.6. The molecule has 1 aliphatic carbocycles. The number of benzene rings is 1. The number of nitrogens with zero attached hydrogens (tertiary/aromatic N) is 2. The van der Waals surface area contributed by atoms with Crippen LogP contribution in [0.2, 0.25) is 0 Å². The molecule has 0 bridgehead atoms. The molecule has 3 nitrogen and oxygen atoms in total. The van der Waals surface area contributed by atoms with Crippen LogP contribution >= 0.6 is 0 Å². The van der Waals surface area contributed by atoms with E-state index in [0.717, 1.165) is 24.9 Å². The van der Waals surface area contributed by atoms with Gasteiger partial charge in [-0.25, -0.2) is 4.98 Å². The fourth-order valence-corrected chi connectivity index (χ4v) is 3.84. The Balaban J connectivity index is 1.91. The average Bonchev–Trinajstić information content (AvgIpc) is 3.01. The number of aromatic nitrogens is 2. The minimum atomic E-state index is 0.389. The highest BCUT2D eigenvalue weighted by atomic mass is 15.1. The third-order valence-electron chi connectivity index (χ3n) is 5.01. The van der Waals surface area contributed by atoms with E-state index in [0.29, 0.717) is 11.5 Å². The van der Waals surface area contributed by atoms with Crippen molar-refractivity contribution in [2.75, 3.05) is 7.05 Å². The minimum absolute atomic E-state index is 0.389. The summed E-state index contributed by atoms with van der Waals surface area (Å²) in [7, 11) is 2.09. The van der Waals surface area contributed by atoms with Crippen LogP contribution < -0.4 is 5.32 Å². The molecular weight excluding hydrogens is 258 g/mol. The number of hydrogen-bond acceptors (Lipinski definition) is 2. The van der Waals surface area contributed by atoms with Crippen molar-refractivity contribution in [3.63, 3.8) is 0 Å². The highest BCUT2D eigenvalue weighted by molar-refractivity contribution is 5.75. The Morgan fingerprint density at radius 1 is 1.38 bits per heavy atom. The quantitative estimate of drug-likeness (QED) is 0.906. The van der Waals surface area contributed by atoms with Crippen LogP contribution in [0.25, 0.3) is 11.0 Å². The van der Waals surface area contributed by atoms with Gasteiger partial charge in [0.15, 0.2) is 0 Å². The molecule has 114 valence electrons. The van der Waals surface area contributed by atoms with Gasteiger partial charge in [-0.15, -0.1) is 0 Å². The van der Waals surface area contributed by atoms with Gasteiger partial charge in [0.05, 0.1) is 11.0 Å². The summed E-state index contributed by atoms with van der Waals surface area (Å²) >= 11 is 0. The maximum Gasteiger partial charge on any atom is 0.110 e. The number of aryl methyl sites for hydroxylation is 1. The fraction of sp³-hybridized carbons (Fsp3) is 0.611. The van der Waals surface area contributed by atoms with Gasteiger partial charge in [0.1, 0.15) is 5.82 Å². The van der Waals surface area contributed by atoms with Crippen molar-refractivity contribution >= 4 is 11.0 Å². The molecule has 1 aliphatic rings. The van der Waals surface area contributed by atoms with E-state index in [2.05, 4.69) is 55.0 Å². The van der Waals surface area contributed by atoms with Crippen LogP contribution in [-0.2, 0) is 13.0 Å². The molecule has 0 spiro atoms. The van der Waals surface area contributed by atoms with Gasteiger partial charge in [-0.2, -0.15) is 0 Å². The fourth-order valence-electron chi connectivity index (χ4n) is 3.84. The Morgan fingerprint density at radius 3 is 2.90 bits per heavy atom. The average molecular weight is 285 g/mol. The zero-order chi connectivity index (χ0) is 14.9.